The number of carbonyl (C=O) groups excluding carboxylic acids is 2. The number of nitrogens with one attached hydrogen (secondary N) is 1. The van der Waals surface area contributed by atoms with Crippen LogP contribution >= 0.6 is 0 Å². The lowest BCUT2D eigenvalue weighted by Crippen LogP contribution is -2.39. The van der Waals surface area contributed by atoms with Crippen LogP contribution in [0.4, 0.5) is 5.82 Å². The van der Waals surface area contributed by atoms with Crippen molar-refractivity contribution in [3.8, 4) is 0 Å². The molecule has 128 valence electrons. The summed E-state index contributed by atoms with van der Waals surface area (Å²) in [6.07, 6.45) is 2.21. The molecule has 0 spiro atoms. The molecule has 1 aromatic heterocycles. The first kappa shape index (κ1) is 17.7. The number of aryl methyl sites for hydroxylation is 1. The SMILES string of the molecule is Cc1ccccc1C(=O)N(CCC(C)C)CC(=O)Nc1ccon1. The van der Waals surface area contributed by atoms with Gasteiger partial charge in [0, 0.05) is 18.2 Å². The Balaban J connectivity index is 2.10. The van der Waals surface area contributed by atoms with E-state index >= 15 is 0 Å². The molecule has 1 N–H and O–H groups in total. The van der Waals surface area contributed by atoms with Crippen molar-refractivity contribution < 1.29 is 14.1 Å². The number of benzene rings is 1. The number of amides is 2. The van der Waals surface area contributed by atoms with Gasteiger partial charge in [-0.05, 0) is 30.9 Å². The van der Waals surface area contributed by atoms with E-state index in [2.05, 4.69) is 28.8 Å². The highest BCUT2D eigenvalue weighted by Crippen LogP contribution is 2.13. The fourth-order valence-electron chi connectivity index (χ4n) is 2.28. The summed E-state index contributed by atoms with van der Waals surface area (Å²) in [4.78, 5) is 26.6. The van der Waals surface area contributed by atoms with E-state index in [0.717, 1.165) is 12.0 Å². The number of aromatic nitrogens is 1. The second-order valence-electron chi connectivity index (χ2n) is 6.16. The highest BCUT2D eigenvalue weighted by molar-refractivity contribution is 5.99. The van der Waals surface area contributed by atoms with Gasteiger partial charge in [-0.2, -0.15) is 0 Å². The van der Waals surface area contributed by atoms with Crippen LogP contribution in [0.5, 0.6) is 0 Å². The molecule has 6 nitrogen and oxygen atoms in total. The molecule has 0 saturated heterocycles. The monoisotopic (exact) mass is 329 g/mol. The quantitative estimate of drug-likeness (QED) is 0.847. The molecule has 0 aliphatic rings. The minimum atomic E-state index is -0.297. The maximum Gasteiger partial charge on any atom is 0.254 e. The van der Waals surface area contributed by atoms with E-state index in [9.17, 15) is 9.59 Å². The first-order chi connectivity index (χ1) is 11.5. The van der Waals surface area contributed by atoms with Crippen molar-refractivity contribution in [1.82, 2.24) is 10.1 Å². The summed E-state index contributed by atoms with van der Waals surface area (Å²) in [5.74, 6) is 0.349. The van der Waals surface area contributed by atoms with E-state index in [1.165, 1.54) is 6.26 Å². The maximum atomic E-state index is 12.8. The van der Waals surface area contributed by atoms with Gasteiger partial charge in [-0.15, -0.1) is 0 Å². The van der Waals surface area contributed by atoms with E-state index in [-0.39, 0.29) is 18.4 Å². The molecule has 0 aliphatic carbocycles. The zero-order chi connectivity index (χ0) is 17.5. The van der Waals surface area contributed by atoms with Crippen LogP contribution in [0.1, 0.15) is 36.2 Å². The van der Waals surface area contributed by atoms with Crippen LogP contribution in [-0.2, 0) is 4.79 Å². The lowest BCUT2D eigenvalue weighted by Gasteiger charge is -2.23. The Labute approximate surface area is 141 Å². The molecule has 6 heteroatoms. The smallest absolute Gasteiger partial charge is 0.254 e. The minimum absolute atomic E-state index is 0.0211. The maximum absolute atomic E-state index is 12.8. The zero-order valence-corrected chi connectivity index (χ0v) is 14.3. The van der Waals surface area contributed by atoms with Crippen molar-refractivity contribution in [2.75, 3.05) is 18.4 Å². The molecule has 2 amide bonds. The predicted molar refractivity (Wildman–Crippen MR) is 91.7 cm³/mol. The van der Waals surface area contributed by atoms with E-state index in [1.54, 1.807) is 17.0 Å². The third-order valence-electron chi connectivity index (χ3n) is 3.68. The number of anilines is 1. The van der Waals surface area contributed by atoms with Gasteiger partial charge in [0.15, 0.2) is 5.82 Å². The van der Waals surface area contributed by atoms with Crippen molar-refractivity contribution in [2.24, 2.45) is 5.92 Å². The lowest BCUT2D eigenvalue weighted by molar-refractivity contribution is -0.117. The van der Waals surface area contributed by atoms with E-state index < -0.39 is 0 Å². The number of nitrogens with zero attached hydrogens (tertiary/aromatic N) is 2. The molecular weight excluding hydrogens is 306 g/mol. The molecule has 1 aromatic carbocycles. The highest BCUT2D eigenvalue weighted by Gasteiger charge is 2.20. The molecule has 0 radical (unpaired) electrons. The summed E-state index contributed by atoms with van der Waals surface area (Å²) in [5, 5.41) is 6.27. The molecule has 0 saturated carbocycles. The third-order valence-corrected chi connectivity index (χ3v) is 3.68. The fraction of sp³-hybridized carbons (Fsp3) is 0.389. The van der Waals surface area contributed by atoms with Gasteiger partial charge in [0.05, 0.1) is 0 Å². The second-order valence-corrected chi connectivity index (χ2v) is 6.16. The van der Waals surface area contributed by atoms with Crippen LogP contribution in [-0.4, -0.2) is 35.0 Å². The largest absolute Gasteiger partial charge is 0.363 e. The molecule has 0 aliphatic heterocycles. The summed E-state index contributed by atoms with van der Waals surface area (Å²) >= 11 is 0. The van der Waals surface area contributed by atoms with Gasteiger partial charge in [0.2, 0.25) is 5.91 Å². The van der Waals surface area contributed by atoms with Gasteiger partial charge < -0.3 is 14.7 Å². The molecule has 1 heterocycles. The first-order valence-electron chi connectivity index (χ1n) is 8.02. The Morgan fingerprint density at radius 2 is 2.00 bits per heavy atom. The lowest BCUT2D eigenvalue weighted by atomic mass is 10.1. The average Bonchev–Trinajstić information content (AvgIpc) is 3.04. The zero-order valence-electron chi connectivity index (χ0n) is 14.3. The molecule has 0 fully saturated rings. The van der Waals surface area contributed by atoms with E-state index in [0.29, 0.717) is 23.8 Å². The van der Waals surface area contributed by atoms with Crippen LogP contribution in [0.2, 0.25) is 0 Å². The molecule has 0 atom stereocenters. The highest BCUT2D eigenvalue weighted by atomic mass is 16.5. The van der Waals surface area contributed by atoms with E-state index in [4.69, 9.17) is 0 Å². The van der Waals surface area contributed by atoms with Gasteiger partial charge in [-0.3, -0.25) is 9.59 Å². The Hall–Kier alpha value is -2.63. The summed E-state index contributed by atoms with van der Waals surface area (Å²) in [6, 6.07) is 8.95. The van der Waals surface area contributed by atoms with Crippen molar-refractivity contribution in [2.45, 2.75) is 27.2 Å². The Morgan fingerprint density at radius 3 is 2.62 bits per heavy atom. The summed E-state index contributed by atoms with van der Waals surface area (Å²) in [6.45, 7) is 6.57. The number of carbonyl (C=O) groups is 2. The molecule has 2 aromatic rings. The normalized spacial score (nSPS) is 10.7. The molecule has 2 rings (SSSR count). The first-order valence-corrected chi connectivity index (χ1v) is 8.02. The third kappa shape index (κ3) is 4.94. The summed E-state index contributed by atoms with van der Waals surface area (Å²) in [7, 11) is 0. The number of rotatable bonds is 7. The molecule has 0 bridgehead atoms. The van der Waals surface area contributed by atoms with Gasteiger partial charge >= 0.3 is 0 Å². The number of hydrogen-bond donors (Lipinski definition) is 1. The summed E-state index contributed by atoms with van der Waals surface area (Å²) < 4.78 is 4.69. The second kappa shape index (κ2) is 8.29. The fourth-order valence-corrected chi connectivity index (χ4v) is 2.28. The molecular formula is C18H23N3O3. The van der Waals surface area contributed by atoms with Crippen molar-refractivity contribution in [3.63, 3.8) is 0 Å². The molecule has 0 unspecified atom stereocenters. The van der Waals surface area contributed by atoms with Gasteiger partial charge in [0.1, 0.15) is 12.8 Å². The van der Waals surface area contributed by atoms with E-state index in [1.807, 2.05) is 25.1 Å². The van der Waals surface area contributed by atoms with Crippen molar-refractivity contribution in [3.05, 3.63) is 47.7 Å². The van der Waals surface area contributed by atoms with Crippen molar-refractivity contribution in [1.29, 1.82) is 0 Å². The average molecular weight is 329 g/mol. The molecule has 24 heavy (non-hydrogen) atoms. The minimum Gasteiger partial charge on any atom is -0.363 e. The van der Waals surface area contributed by atoms with Crippen LogP contribution in [0.3, 0.4) is 0 Å². The van der Waals surface area contributed by atoms with Gasteiger partial charge in [-0.25, -0.2) is 0 Å². The van der Waals surface area contributed by atoms with Crippen molar-refractivity contribution >= 4 is 17.6 Å². The van der Waals surface area contributed by atoms with Gasteiger partial charge in [-0.1, -0.05) is 37.2 Å². The Kier molecular flexibility index (Phi) is 6.12. The van der Waals surface area contributed by atoms with Crippen LogP contribution in [0.25, 0.3) is 0 Å². The van der Waals surface area contributed by atoms with Crippen LogP contribution in [0, 0.1) is 12.8 Å². The van der Waals surface area contributed by atoms with Crippen LogP contribution in [0.15, 0.2) is 41.1 Å². The Morgan fingerprint density at radius 1 is 1.25 bits per heavy atom. The summed E-state index contributed by atoms with van der Waals surface area (Å²) in [5.41, 5.74) is 1.52. The van der Waals surface area contributed by atoms with Crippen LogP contribution < -0.4 is 5.32 Å². The topological polar surface area (TPSA) is 75.4 Å². The standard InChI is InChI=1S/C18H23N3O3/c1-13(2)8-10-21(12-17(22)19-16-9-11-24-20-16)18(23)15-7-5-4-6-14(15)3/h4-7,9,11,13H,8,10,12H2,1-3H3,(H,19,20,22). The predicted octanol–water partition coefficient (Wildman–Crippen LogP) is 3.11. The van der Waals surface area contributed by atoms with Gasteiger partial charge in [0.25, 0.3) is 5.91 Å². The number of hydrogen-bond acceptors (Lipinski definition) is 4. The Bertz CT molecular complexity index is 681.